The zero-order chi connectivity index (χ0) is 42.3. The lowest BCUT2D eigenvalue weighted by atomic mass is 9.90. The van der Waals surface area contributed by atoms with E-state index in [0.717, 1.165) is 57.8 Å². The first-order valence-corrected chi connectivity index (χ1v) is 22.6. The number of phosphoric acid groups is 1. The van der Waals surface area contributed by atoms with Gasteiger partial charge < -0.3 is 35.4 Å². The summed E-state index contributed by atoms with van der Waals surface area (Å²) < 4.78 is 32.6. The molecule has 6 N–H and O–H groups in total. The van der Waals surface area contributed by atoms with E-state index in [1.165, 1.54) is 25.7 Å². The molecular weight excluding hydrogens is 757 g/mol. The van der Waals surface area contributed by atoms with Gasteiger partial charge in [0.15, 0.2) is 6.10 Å². The van der Waals surface area contributed by atoms with Crippen LogP contribution in [0.4, 0.5) is 0 Å². The van der Waals surface area contributed by atoms with Gasteiger partial charge in [-0.1, -0.05) is 108 Å². The maximum absolute atomic E-state index is 12.7. The van der Waals surface area contributed by atoms with Crippen molar-refractivity contribution in [3.63, 3.8) is 0 Å². The van der Waals surface area contributed by atoms with Crippen molar-refractivity contribution >= 4 is 31.5 Å². The Bertz CT molecular complexity index is 1270. The number of aliphatic hydroxyl groups is 2. The number of allylic oxidation sites excluding steroid dienone is 5. The molecule has 1 fully saturated rings. The number of aliphatic hydroxyl groups excluding tert-OH is 2. The van der Waals surface area contributed by atoms with Crippen molar-refractivity contribution in [1.82, 2.24) is 0 Å². The van der Waals surface area contributed by atoms with Gasteiger partial charge in [-0.15, -0.1) is 0 Å². The summed E-state index contributed by atoms with van der Waals surface area (Å²) in [6.07, 6.45) is 25.9. The molecule has 0 aliphatic heterocycles. The van der Waals surface area contributed by atoms with Gasteiger partial charge >= 0.3 is 25.7 Å². The first-order chi connectivity index (χ1) is 27.3. The van der Waals surface area contributed by atoms with Crippen LogP contribution in [0.25, 0.3) is 0 Å². The van der Waals surface area contributed by atoms with Gasteiger partial charge in [-0.05, 0) is 57.8 Å². The Hall–Kier alpha value is -2.71. The van der Waals surface area contributed by atoms with Crippen LogP contribution in [0.15, 0.2) is 36.5 Å². The zero-order valence-corrected chi connectivity index (χ0v) is 35.3. The van der Waals surface area contributed by atoms with Crippen LogP contribution in [0.3, 0.4) is 0 Å². The molecule has 1 aliphatic carbocycles. The number of carbonyl (C=O) groups excluding carboxylic acids is 3. The van der Waals surface area contributed by atoms with E-state index < -0.39 is 75.8 Å². The number of esters is 2. The molecule has 0 aromatic heterocycles. The molecule has 0 aromatic carbocycles. The highest BCUT2D eigenvalue weighted by Gasteiger charge is 2.39. The fourth-order valence-corrected chi connectivity index (χ4v) is 7.05. The summed E-state index contributed by atoms with van der Waals surface area (Å²) in [7, 11) is -4.79. The van der Waals surface area contributed by atoms with Crippen LogP contribution in [0.1, 0.15) is 149 Å². The topological polar surface area (TPSA) is 229 Å². The molecule has 7 atom stereocenters. The Kier molecular flexibility index (Phi) is 29.5. The molecule has 328 valence electrons. The number of carbonyl (C=O) groups is 4. The molecule has 0 saturated heterocycles. The number of Topliss-reactive ketones (excluding diaryl/α,β-unsaturated/α-hetero) is 1. The number of carboxylic acids is 1. The smallest absolute Gasteiger partial charge is 0.472 e. The maximum atomic E-state index is 12.7. The van der Waals surface area contributed by atoms with Gasteiger partial charge in [0.2, 0.25) is 0 Å². The van der Waals surface area contributed by atoms with E-state index in [9.17, 15) is 38.8 Å². The van der Waals surface area contributed by atoms with Gasteiger partial charge in [-0.2, -0.15) is 0 Å². The third-order valence-corrected chi connectivity index (χ3v) is 10.7. The Balaban J connectivity index is 2.55. The number of unbranched alkanes of at least 4 members (excludes halogenated alkanes) is 12. The number of nitrogens with two attached hydrogens (primary N) is 1. The number of ether oxygens (including phenoxy) is 2. The second-order valence-electron chi connectivity index (χ2n) is 14.9. The maximum Gasteiger partial charge on any atom is 0.472 e. The fraction of sp³-hybridized carbons (Fsp3) is 0.762. The molecular formula is C42H72NO13P. The van der Waals surface area contributed by atoms with E-state index in [4.69, 9.17) is 24.8 Å². The summed E-state index contributed by atoms with van der Waals surface area (Å²) in [5.74, 6) is -3.47. The third-order valence-electron chi connectivity index (χ3n) is 9.74. The number of ketones is 1. The van der Waals surface area contributed by atoms with Gasteiger partial charge in [0.1, 0.15) is 18.4 Å². The summed E-state index contributed by atoms with van der Waals surface area (Å²) in [6, 6.07) is -1.57. The lowest BCUT2D eigenvalue weighted by Crippen LogP contribution is -2.34. The number of phosphoric ester groups is 1. The first kappa shape index (κ1) is 52.3. The molecule has 0 heterocycles. The number of aliphatic carboxylic acids is 1. The van der Waals surface area contributed by atoms with Crippen LogP contribution < -0.4 is 5.73 Å². The monoisotopic (exact) mass is 829 g/mol. The Morgan fingerprint density at radius 2 is 1.39 bits per heavy atom. The zero-order valence-electron chi connectivity index (χ0n) is 34.4. The first-order valence-electron chi connectivity index (χ1n) is 21.1. The average molecular weight is 830 g/mol. The molecule has 1 aliphatic rings. The minimum absolute atomic E-state index is 0.0316. The van der Waals surface area contributed by atoms with Crippen LogP contribution in [0.2, 0.25) is 0 Å². The summed E-state index contributed by atoms with van der Waals surface area (Å²) in [4.78, 5) is 58.6. The lowest BCUT2D eigenvalue weighted by molar-refractivity contribution is -0.161. The van der Waals surface area contributed by atoms with E-state index in [1.807, 2.05) is 12.2 Å². The number of hydrogen-bond acceptors (Lipinski definition) is 12. The van der Waals surface area contributed by atoms with E-state index in [2.05, 4.69) is 30.5 Å². The number of hydrogen-bond donors (Lipinski definition) is 5. The van der Waals surface area contributed by atoms with Crippen molar-refractivity contribution in [1.29, 1.82) is 0 Å². The second kappa shape index (κ2) is 32.2. The van der Waals surface area contributed by atoms with Gasteiger partial charge in [0, 0.05) is 31.1 Å². The van der Waals surface area contributed by atoms with Gasteiger partial charge in [-0.25, -0.2) is 4.57 Å². The van der Waals surface area contributed by atoms with Gasteiger partial charge in [0.05, 0.1) is 25.4 Å². The van der Waals surface area contributed by atoms with Crippen LogP contribution in [-0.4, -0.2) is 88.1 Å². The molecule has 57 heavy (non-hydrogen) atoms. The van der Waals surface area contributed by atoms with Crippen molar-refractivity contribution in [3.05, 3.63) is 36.5 Å². The minimum atomic E-state index is -4.79. The minimum Gasteiger partial charge on any atom is -0.480 e. The summed E-state index contributed by atoms with van der Waals surface area (Å²) in [5, 5.41) is 29.6. The van der Waals surface area contributed by atoms with E-state index in [0.29, 0.717) is 32.1 Å². The predicted octanol–water partition coefficient (Wildman–Crippen LogP) is 7.42. The highest BCUT2D eigenvalue weighted by Crippen LogP contribution is 2.43. The fourth-order valence-electron chi connectivity index (χ4n) is 6.27. The molecule has 0 spiro atoms. The van der Waals surface area contributed by atoms with Crippen molar-refractivity contribution in [2.45, 2.75) is 173 Å². The van der Waals surface area contributed by atoms with E-state index in [1.54, 1.807) is 12.2 Å². The average Bonchev–Trinajstić information content (AvgIpc) is 3.44. The molecule has 1 unspecified atom stereocenters. The molecule has 0 amide bonds. The highest BCUT2D eigenvalue weighted by molar-refractivity contribution is 7.47. The predicted molar refractivity (Wildman–Crippen MR) is 218 cm³/mol. The molecule has 0 radical (unpaired) electrons. The Morgan fingerprint density at radius 3 is 2.07 bits per heavy atom. The van der Waals surface area contributed by atoms with E-state index in [-0.39, 0.29) is 31.0 Å². The van der Waals surface area contributed by atoms with E-state index >= 15 is 0 Å². The lowest BCUT2D eigenvalue weighted by Gasteiger charge is -2.20. The normalized spacial score (nSPS) is 20.0. The molecule has 1 rings (SSSR count). The van der Waals surface area contributed by atoms with Crippen molar-refractivity contribution < 1.29 is 62.5 Å². The SMILES string of the molecule is CCCCCC/C=C\CCCCCCCC(=O)OC[C@H](COP(=O)(O)OC[C@H](N)C(=O)O)OC(=O)CCC/C=C\C[C@H]1[C@@H](O)CC(=O)[C@@H]1/C=C/[C@@H](O)CCCCC. The highest BCUT2D eigenvalue weighted by atomic mass is 31.2. The van der Waals surface area contributed by atoms with Crippen molar-refractivity contribution in [2.24, 2.45) is 17.6 Å². The van der Waals surface area contributed by atoms with Crippen LogP contribution in [-0.2, 0) is 42.3 Å². The third kappa shape index (κ3) is 26.8. The summed E-state index contributed by atoms with van der Waals surface area (Å²) in [5.41, 5.74) is 5.32. The number of rotatable bonds is 35. The quantitative estimate of drug-likeness (QED) is 0.0181. The molecule has 15 heteroatoms. The Labute approximate surface area is 340 Å². The largest absolute Gasteiger partial charge is 0.480 e. The van der Waals surface area contributed by atoms with Crippen LogP contribution in [0, 0.1) is 11.8 Å². The van der Waals surface area contributed by atoms with Crippen LogP contribution in [0.5, 0.6) is 0 Å². The molecule has 14 nitrogen and oxygen atoms in total. The molecule has 0 aromatic rings. The second-order valence-corrected chi connectivity index (χ2v) is 16.4. The van der Waals surface area contributed by atoms with Crippen molar-refractivity contribution in [2.75, 3.05) is 19.8 Å². The summed E-state index contributed by atoms with van der Waals surface area (Å²) >= 11 is 0. The standard InChI is InChI=1S/C42H72NO13P/c1-3-5-7-8-9-10-11-12-13-14-15-16-21-25-40(47)53-30-34(31-54-57(51,52)55-32-37(43)42(49)50)56-41(48)26-22-18-17-20-24-35-36(39(46)29-38(35)45)28-27-33(44)23-19-6-4-2/h10-11,17,20,27-28,33-38,44-45H,3-9,12-16,18-19,21-26,29-32,43H2,1-2H3,(H,49,50)(H,51,52)/b11-10-,20-17-,28-27+/t33-,34+,35+,36+,37-,38-/m0/s1. The summed E-state index contributed by atoms with van der Waals surface area (Å²) in [6.45, 7) is 2.38. The number of carboxylic acid groups (broad SMARTS) is 1. The Morgan fingerprint density at radius 1 is 0.807 bits per heavy atom. The van der Waals surface area contributed by atoms with Crippen molar-refractivity contribution in [3.8, 4) is 0 Å². The van der Waals surface area contributed by atoms with Gasteiger partial charge in [-0.3, -0.25) is 28.2 Å². The molecule has 0 bridgehead atoms. The van der Waals surface area contributed by atoms with Gasteiger partial charge in [0.25, 0.3) is 0 Å². The molecule has 1 saturated carbocycles. The van der Waals surface area contributed by atoms with Crippen LogP contribution >= 0.6 is 7.82 Å².